The maximum atomic E-state index is 11.2. The van der Waals surface area contributed by atoms with Gasteiger partial charge in [-0.25, -0.2) is 9.48 Å². The molecule has 0 saturated heterocycles. The molecule has 1 heterocycles. The summed E-state index contributed by atoms with van der Waals surface area (Å²) in [6.07, 6.45) is -1.75. The van der Waals surface area contributed by atoms with E-state index in [1.165, 1.54) is 11.8 Å². The van der Waals surface area contributed by atoms with Gasteiger partial charge in [-0.15, -0.1) is 0 Å². The predicted molar refractivity (Wildman–Crippen MR) is 84.9 cm³/mol. The van der Waals surface area contributed by atoms with Gasteiger partial charge >= 0.3 is 6.16 Å². The minimum Gasteiger partial charge on any atom is -0.438 e. The molecular weight excluding hydrogens is 314 g/mol. The molecule has 0 aliphatic rings. The van der Waals surface area contributed by atoms with Crippen molar-refractivity contribution in [3.8, 4) is 0 Å². The second-order valence-corrected chi connectivity index (χ2v) is 5.10. The Morgan fingerprint density at radius 3 is 2.62 bits per heavy atom. The molecule has 0 radical (unpaired) electrons. The Morgan fingerprint density at radius 2 is 2.04 bits per heavy atom. The normalized spacial score (nSPS) is 12.6. The van der Waals surface area contributed by atoms with Crippen LogP contribution in [0.4, 0.5) is 10.7 Å². The average Bonchev–Trinajstić information content (AvgIpc) is 2.91. The van der Waals surface area contributed by atoms with Crippen molar-refractivity contribution in [3.05, 3.63) is 34.9 Å². The number of rotatable bonds is 4. The molecule has 1 atom stereocenters. The zero-order valence-corrected chi connectivity index (χ0v) is 14.2. The number of aliphatic imine (C=N–C) groups is 1. The molecule has 0 N–H and O–H groups in total. The van der Waals surface area contributed by atoms with E-state index < -0.39 is 12.4 Å². The lowest BCUT2D eigenvalue weighted by molar-refractivity contribution is -0.0537. The van der Waals surface area contributed by atoms with Gasteiger partial charge in [0.2, 0.25) is 12.2 Å². The van der Waals surface area contributed by atoms with Crippen molar-refractivity contribution in [2.24, 2.45) is 12.0 Å². The van der Waals surface area contributed by atoms with Crippen LogP contribution in [0.2, 0.25) is 0 Å². The van der Waals surface area contributed by atoms with Crippen LogP contribution in [0.15, 0.2) is 23.2 Å². The van der Waals surface area contributed by atoms with Gasteiger partial charge in [0.25, 0.3) is 5.95 Å². The number of aromatic nitrogens is 4. The van der Waals surface area contributed by atoms with Crippen LogP contribution in [0.25, 0.3) is 0 Å². The SMILES string of the molecule is COC(=O)OC(C)OC(=Nc1nnnn1C)c1ccc(C)cc1C. The van der Waals surface area contributed by atoms with Gasteiger partial charge in [-0.05, 0) is 35.9 Å². The van der Waals surface area contributed by atoms with Gasteiger partial charge in [-0.3, -0.25) is 0 Å². The Balaban J connectivity index is 2.36. The molecule has 128 valence electrons. The van der Waals surface area contributed by atoms with Gasteiger partial charge in [0.15, 0.2) is 0 Å². The fraction of sp³-hybridized carbons (Fsp3) is 0.400. The van der Waals surface area contributed by atoms with Crippen LogP contribution in [0, 0.1) is 13.8 Å². The van der Waals surface area contributed by atoms with E-state index in [0.717, 1.165) is 16.7 Å². The lowest BCUT2D eigenvalue weighted by Crippen LogP contribution is -2.23. The summed E-state index contributed by atoms with van der Waals surface area (Å²) >= 11 is 0. The van der Waals surface area contributed by atoms with E-state index in [0.29, 0.717) is 0 Å². The maximum absolute atomic E-state index is 11.2. The minimum absolute atomic E-state index is 0.238. The summed E-state index contributed by atoms with van der Waals surface area (Å²) in [5.41, 5.74) is 2.80. The van der Waals surface area contributed by atoms with Crippen LogP contribution in [0.5, 0.6) is 0 Å². The smallest absolute Gasteiger partial charge is 0.438 e. The highest BCUT2D eigenvalue weighted by atomic mass is 16.8. The third kappa shape index (κ3) is 4.28. The van der Waals surface area contributed by atoms with E-state index in [9.17, 15) is 4.79 Å². The van der Waals surface area contributed by atoms with E-state index in [1.54, 1.807) is 14.0 Å². The van der Waals surface area contributed by atoms with Crippen LogP contribution in [-0.4, -0.2) is 45.7 Å². The van der Waals surface area contributed by atoms with Gasteiger partial charge in [0, 0.05) is 19.5 Å². The second kappa shape index (κ2) is 7.53. The highest BCUT2D eigenvalue weighted by Gasteiger charge is 2.17. The first kappa shape index (κ1) is 17.4. The number of aryl methyl sites for hydroxylation is 3. The summed E-state index contributed by atoms with van der Waals surface area (Å²) in [6, 6.07) is 5.80. The van der Waals surface area contributed by atoms with E-state index in [4.69, 9.17) is 9.47 Å². The Bertz CT molecular complexity index is 756. The number of nitrogens with zero attached hydrogens (tertiary/aromatic N) is 5. The number of hydrogen-bond donors (Lipinski definition) is 0. The van der Waals surface area contributed by atoms with Gasteiger partial charge in [-0.1, -0.05) is 22.8 Å². The molecule has 9 heteroatoms. The molecule has 0 aliphatic heterocycles. The lowest BCUT2D eigenvalue weighted by atomic mass is 10.1. The molecule has 9 nitrogen and oxygen atoms in total. The molecule has 0 bridgehead atoms. The zero-order chi connectivity index (χ0) is 17.7. The molecule has 0 spiro atoms. The van der Waals surface area contributed by atoms with Crippen LogP contribution in [-0.2, 0) is 21.3 Å². The van der Waals surface area contributed by atoms with Gasteiger partial charge in [0.05, 0.1) is 7.11 Å². The van der Waals surface area contributed by atoms with Crippen LogP contribution >= 0.6 is 0 Å². The van der Waals surface area contributed by atoms with Gasteiger partial charge < -0.3 is 14.2 Å². The zero-order valence-electron chi connectivity index (χ0n) is 14.2. The quantitative estimate of drug-likeness (QED) is 0.365. The number of carbonyl (C=O) groups excluding carboxylic acids is 1. The Kier molecular flexibility index (Phi) is 5.46. The number of hydrogen-bond acceptors (Lipinski definition) is 8. The lowest BCUT2D eigenvalue weighted by Gasteiger charge is -2.17. The van der Waals surface area contributed by atoms with Crippen molar-refractivity contribution in [3.63, 3.8) is 0 Å². The average molecular weight is 333 g/mol. The number of benzene rings is 1. The van der Waals surface area contributed by atoms with E-state index >= 15 is 0 Å². The number of tetrazole rings is 1. The Labute approximate surface area is 139 Å². The largest absolute Gasteiger partial charge is 0.511 e. The molecule has 0 aliphatic carbocycles. The molecule has 1 aromatic heterocycles. The monoisotopic (exact) mass is 333 g/mol. The van der Waals surface area contributed by atoms with Crippen molar-refractivity contribution in [1.29, 1.82) is 0 Å². The van der Waals surface area contributed by atoms with Crippen molar-refractivity contribution in [2.45, 2.75) is 27.1 Å². The third-order valence-electron chi connectivity index (χ3n) is 3.12. The Morgan fingerprint density at radius 1 is 1.29 bits per heavy atom. The highest BCUT2D eigenvalue weighted by molar-refractivity contribution is 5.96. The minimum atomic E-state index is -0.905. The van der Waals surface area contributed by atoms with Crippen LogP contribution < -0.4 is 0 Å². The van der Waals surface area contributed by atoms with Crippen molar-refractivity contribution in [2.75, 3.05) is 7.11 Å². The molecule has 24 heavy (non-hydrogen) atoms. The molecule has 0 fully saturated rings. The standard InChI is InChI=1S/C15H19N5O4/c1-9-6-7-12(10(2)8-9)13(16-14-17-18-19-20(14)4)23-11(3)24-15(21)22-5/h6-8,11H,1-5H3. The molecule has 1 aromatic carbocycles. The molecule has 2 aromatic rings. The molecular formula is C15H19N5O4. The van der Waals surface area contributed by atoms with E-state index in [1.807, 2.05) is 32.0 Å². The predicted octanol–water partition coefficient (Wildman–Crippen LogP) is 2.05. The number of carbonyl (C=O) groups is 1. The summed E-state index contributed by atoms with van der Waals surface area (Å²) < 4.78 is 16.5. The van der Waals surface area contributed by atoms with Gasteiger partial charge in [0.1, 0.15) is 0 Å². The van der Waals surface area contributed by atoms with Crippen molar-refractivity contribution in [1.82, 2.24) is 20.2 Å². The van der Waals surface area contributed by atoms with Crippen LogP contribution in [0.3, 0.4) is 0 Å². The molecule has 1 unspecified atom stereocenters. The van der Waals surface area contributed by atoms with E-state index in [2.05, 4.69) is 25.3 Å². The third-order valence-corrected chi connectivity index (χ3v) is 3.12. The maximum Gasteiger partial charge on any atom is 0.511 e. The molecule has 2 rings (SSSR count). The summed E-state index contributed by atoms with van der Waals surface area (Å²) in [4.78, 5) is 15.6. The summed E-state index contributed by atoms with van der Waals surface area (Å²) in [7, 11) is 2.88. The van der Waals surface area contributed by atoms with Gasteiger partial charge in [-0.2, -0.15) is 4.99 Å². The summed E-state index contributed by atoms with van der Waals surface area (Å²) in [6.45, 7) is 5.48. The van der Waals surface area contributed by atoms with Crippen molar-refractivity contribution < 1.29 is 19.0 Å². The highest BCUT2D eigenvalue weighted by Crippen LogP contribution is 2.17. The summed E-state index contributed by atoms with van der Waals surface area (Å²) in [5.74, 6) is 0.497. The second-order valence-electron chi connectivity index (χ2n) is 5.10. The Hall–Kier alpha value is -2.97. The first-order valence-corrected chi connectivity index (χ1v) is 7.20. The number of ether oxygens (including phenoxy) is 3. The molecule has 0 amide bonds. The van der Waals surface area contributed by atoms with Crippen molar-refractivity contribution >= 4 is 18.0 Å². The topological polar surface area (TPSA) is 101 Å². The van der Waals surface area contributed by atoms with Crippen LogP contribution in [0.1, 0.15) is 23.6 Å². The van der Waals surface area contributed by atoms with E-state index in [-0.39, 0.29) is 11.8 Å². The fourth-order valence-electron chi connectivity index (χ4n) is 1.98. The molecule has 0 saturated carbocycles. The number of methoxy groups -OCH3 is 1. The first-order valence-electron chi connectivity index (χ1n) is 7.20. The fourth-order valence-corrected chi connectivity index (χ4v) is 1.98. The summed E-state index contributed by atoms with van der Waals surface area (Å²) in [5, 5.41) is 11.1. The first-order chi connectivity index (χ1) is 11.4.